The molecule has 1 fully saturated rings. The number of nitrogens with zero attached hydrogens (tertiary/aromatic N) is 6. The number of ether oxygens (including phenoxy) is 1. The zero-order valence-corrected chi connectivity index (χ0v) is 35.1. The molecule has 0 radical (unpaired) electrons. The van der Waals surface area contributed by atoms with Crippen molar-refractivity contribution in [3.8, 4) is 0 Å². The maximum Gasteiger partial charge on any atom is 0.356 e. The van der Waals surface area contributed by atoms with E-state index in [9.17, 15) is 14.4 Å². The van der Waals surface area contributed by atoms with Crippen LogP contribution in [0.5, 0.6) is 0 Å². The van der Waals surface area contributed by atoms with Gasteiger partial charge in [0.15, 0.2) is 15.6 Å². The molecule has 2 aromatic heterocycles. The molecular formula is C46H36N8O5S3. The third kappa shape index (κ3) is 7.98. The molecule has 2 amide bonds. The van der Waals surface area contributed by atoms with E-state index < -0.39 is 41.6 Å². The molecule has 0 aliphatic carbocycles. The Hall–Kier alpha value is -7.01. The highest BCUT2D eigenvalue weighted by atomic mass is 32.2. The Morgan fingerprint density at radius 1 is 0.823 bits per heavy atom. The van der Waals surface area contributed by atoms with Crippen LogP contribution in [0.4, 0.5) is 5.13 Å². The van der Waals surface area contributed by atoms with Crippen LogP contribution >= 0.6 is 34.6 Å². The van der Waals surface area contributed by atoms with Gasteiger partial charge >= 0.3 is 5.97 Å². The number of benzene rings is 5. The number of amides is 2. The quantitative estimate of drug-likeness (QED) is 0.0364. The number of fused-ring (bicyclic) bond motifs is 1. The van der Waals surface area contributed by atoms with E-state index in [2.05, 4.69) is 30.0 Å². The Morgan fingerprint density at radius 2 is 1.37 bits per heavy atom. The Labute approximate surface area is 368 Å². The number of aromatic nitrogens is 4. The number of nitrogens with one attached hydrogen (secondary N) is 1. The Bertz CT molecular complexity index is 2600. The predicted octanol–water partition coefficient (Wildman–Crippen LogP) is 7.51. The van der Waals surface area contributed by atoms with E-state index in [1.807, 2.05) is 152 Å². The van der Waals surface area contributed by atoms with Gasteiger partial charge in [0.25, 0.3) is 11.8 Å². The first-order chi connectivity index (χ1) is 30.4. The summed E-state index contributed by atoms with van der Waals surface area (Å²) >= 11 is 3.49. The molecule has 13 nitrogen and oxygen atoms in total. The molecular weight excluding hydrogens is 841 g/mol. The number of oxime groups is 1. The molecule has 2 atom stereocenters. The summed E-state index contributed by atoms with van der Waals surface area (Å²) in [7, 11) is 0. The fraction of sp³-hybridized carbons (Fsp3) is 0.130. The largest absolute Gasteiger partial charge is 0.448 e. The van der Waals surface area contributed by atoms with E-state index >= 15 is 0 Å². The monoisotopic (exact) mass is 876 g/mol. The van der Waals surface area contributed by atoms with Crippen LogP contribution in [0, 0.1) is 0 Å². The highest BCUT2D eigenvalue weighted by Gasteiger charge is 2.54. The van der Waals surface area contributed by atoms with Crippen LogP contribution in [0.3, 0.4) is 0 Å². The number of carbonyl (C=O) groups is 3. The van der Waals surface area contributed by atoms with Crippen molar-refractivity contribution in [2.24, 2.45) is 5.16 Å². The van der Waals surface area contributed by atoms with Gasteiger partial charge < -0.3 is 20.6 Å². The van der Waals surface area contributed by atoms with Crippen molar-refractivity contribution < 1.29 is 24.0 Å². The first-order valence-electron chi connectivity index (χ1n) is 19.5. The van der Waals surface area contributed by atoms with Crippen molar-refractivity contribution in [2.75, 3.05) is 5.73 Å². The van der Waals surface area contributed by atoms with Crippen LogP contribution in [0.1, 0.15) is 52.6 Å². The van der Waals surface area contributed by atoms with Crippen LogP contribution in [0.15, 0.2) is 177 Å². The minimum atomic E-state index is -1.33. The lowest BCUT2D eigenvalue weighted by Crippen LogP contribution is -2.72. The average molecular weight is 877 g/mol. The minimum absolute atomic E-state index is 0.0758. The number of anilines is 1. The smallest absolute Gasteiger partial charge is 0.356 e. The van der Waals surface area contributed by atoms with E-state index in [0.717, 1.165) is 39.3 Å². The van der Waals surface area contributed by atoms with Gasteiger partial charge in [-0.25, -0.2) is 4.79 Å². The van der Waals surface area contributed by atoms with Crippen LogP contribution in [0.25, 0.3) is 0 Å². The molecule has 0 saturated carbocycles. The number of thioether (sulfide) groups is 1. The number of carbonyl (C=O) groups excluding carboxylic acids is 3. The summed E-state index contributed by atoms with van der Waals surface area (Å²) in [6.45, 7) is 0. The topological polar surface area (TPSA) is 175 Å². The maximum atomic E-state index is 14.5. The highest BCUT2D eigenvalue weighted by Crippen LogP contribution is 2.45. The van der Waals surface area contributed by atoms with Crippen molar-refractivity contribution >= 4 is 63.3 Å². The fourth-order valence-corrected chi connectivity index (χ4v) is 9.83. The number of nitrogen functional groups attached to an aromatic ring is 1. The second kappa shape index (κ2) is 17.9. The Morgan fingerprint density at radius 3 is 1.87 bits per heavy atom. The lowest BCUT2D eigenvalue weighted by atomic mass is 9.80. The Kier molecular flexibility index (Phi) is 11.7. The third-order valence-corrected chi connectivity index (χ3v) is 13.0. The van der Waals surface area contributed by atoms with Gasteiger partial charge in [-0.3, -0.25) is 14.5 Å². The first-order valence-corrected chi connectivity index (χ1v) is 22.0. The van der Waals surface area contributed by atoms with Crippen molar-refractivity contribution in [3.05, 3.63) is 201 Å². The van der Waals surface area contributed by atoms with E-state index in [1.165, 1.54) is 28.0 Å². The van der Waals surface area contributed by atoms with Gasteiger partial charge in [-0.1, -0.05) is 180 Å². The molecule has 1 saturated heterocycles. The van der Waals surface area contributed by atoms with Crippen molar-refractivity contribution in [1.29, 1.82) is 0 Å². The summed E-state index contributed by atoms with van der Waals surface area (Å²) in [5.74, 6) is -2.03. The molecule has 4 heterocycles. The van der Waals surface area contributed by atoms with Crippen LogP contribution in [-0.2, 0) is 29.6 Å². The first kappa shape index (κ1) is 40.4. The lowest BCUT2D eigenvalue weighted by Gasteiger charge is -2.50. The van der Waals surface area contributed by atoms with Crippen LogP contribution < -0.4 is 11.1 Å². The summed E-state index contributed by atoms with van der Waals surface area (Å²) in [4.78, 5) is 56.4. The molecule has 62 heavy (non-hydrogen) atoms. The van der Waals surface area contributed by atoms with Gasteiger partial charge in [-0.2, -0.15) is 9.36 Å². The van der Waals surface area contributed by atoms with Crippen LogP contribution in [0.2, 0.25) is 0 Å². The molecule has 308 valence electrons. The maximum absolute atomic E-state index is 14.5. The summed E-state index contributed by atoms with van der Waals surface area (Å²) in [6.07, 6.45) is 0.0714. The number of allylic oxidation sites excluding steroid dienone is 1. The lowest BCUT2D eigenvalue weighted by molar-refractivity contribution is -0.158. The molecule has 2 aliphatic heterocycles. The number of nitrogens with two attached hydrogens (primary N) is 1. The van der Waals surface area contributed by atoms with Gasteiger partial charge in [-0.05, 0) is 24.0 Å². The summed E-state index contributed by atoms with van der Waals surface area (Å²) in [5.41, 5.74) is 9.87. The number of hydrogen-bond acceptors (Lipinski definition) is 14. The number of rotatable bonds is 14. The average Bonchev–Trinajstić information content (AvgIpc) is 4.01. The standard InChI is InChI=1S/C46H36N8O5S3/c47-44-50-40(53-62-44)37(52-59-46(31-20-10-3-11-21-31,32-22-12-4-13-23-32)33-24-14-5-15-25-33)41(55)49-36-34-26-27-35(61-45-51-48-28-60-45)38(54(34)42(36)56)43(57)58-39(29-16-6-1-7-17-29)30-18-8-2-9-19-30/h1-25,28,34,36,39H,26-27H2,(H,49,55)(H2,47,50,53)/b52-37+. The normalized spacial score (nSPS) is 16.4. The van der Waals surface area contributed by atoms with Gasteiger partial charge in [0, 0.05) is 33.1 Å². The number of hydrogen-bond donors (Lipinski definition) is 2. The molecule has 7 aromatic rings. The highest BCUT2D eigenvalue weighted by molar-refractivity contribution is 8.04. The predicted molar refractivity (Wildman–Crippen MR) is 237 cm³/mol. The van der Waals surface area contributed by atoms with Crippen molar-refractivity contribution in [3.63, 3.8) is 0 Å². The second-order valence-electron chi connectivity index (χ2n) is 14.2. The molecule has 5 aromatic carbocycles. The summed E-state index contributed by atoms with van der Waals surface area (Å²) < 4.78 is 11.2. The van der Waals surface area contributed by atoms with Crippen molar-refractivity contribution in [2.45, 2.75) is 41.0 Å². The summed E-state index contributed by atoms with van der Waals surface area (Å²) in [5, 5.41) is 15.7. The molecule has 16 heteroatoms. The van der Waals surface area contributed by atoms with E-state index in [4.69, 9.17) is 15.3 Å². The SMILES string of the molecule is Nc1nc(/C(=N\OC(c2ccccc2)(c2ccccc2)c2ccccc2)C(=O)NC2C(=O)N3C(C(=O)OC(c4ccccc4)c4ccccc4)=C(Sc4nncs4)CCC23)ns1. The molecule has 0 spiro atoms. The third-order valence-electron chi connectivity index (χ3n) is 10.5. The zero-order valence-electron chi connectivity index (χ0n) is 32.7. The fourth-order valence-electron chi connectivity index (χ4n) is 7.69. The number of esters is 1. The molecule has 2 unspecified atom stereocenters. The van der Waals surface area contributed by atoms with E-state index in [1.54, 1.807) is 5.51 Å². The van der Waals surface area contributed by atoms with E-state index in [0.29, 0.717) is 22.1 Å². The molecule has 3 N–H and O–H groups in total. The van der Waals surface area contributed by atoms with E-state index in [-0.39, 0.29) is 22.4 Å². The van der Waals surface area contributed by atoms with Crippen molar-refractivity contribution in [1.82, 2.24) is 29.8 Å². The Balaban J connectivity index is 1.04. The molecule has 9 rings (SSSR count). The van der Waals surface area contributed by atoms with Gasteiger partial charge in [0.05, 0.1) is 6.04 Å². The second-order valence-corrected chi connectivity index (χ2v) is 17.2. The van der Waals surface area contributed by atoms with Gasteiger partial charge in [-0.15, -0.1) is 10.2 Å². The van der Waals surface area contributed by atoms with Crippen LogP contribution in [-0.4, -0.2) is 60.0 Å². The molecule has 0 bridgehead atoms. The molecule has 2 aliphatic rings. The minimum Gasteiger partial charge on any atom is -0.448 e. The zero-order chi connectivity index (χ0) is 42.5. The summed E-state index contributed by atoms with van der Waals surface area (Å²) in [6, 6.07) is 45.9. The van der Waals surface area contributed by atoms with Gasteiger partial charge in [0.1, 0.15) is 17.2 Å². The van der Waals surface area contributed by atoms with Gasteiger partial charge in [0.2, 0.25) is 17.1 Å². The number of β-lactam (4-membered cyclic amide) rings is 1.